The first-order valence-electron chi connectivity index (χ1n) is 7.52. The molecule has 0 saturated carbocycles. The lowest BCUT2D eigenvalue weighted by molar-refractivity contribution is 0.101. The van der Waals surface area contributed by atoms with Crippen LogP contribution in [0.4, 0.5) is 5.69 Å². The number of nitrogens with zero attached hydrogens (tertiary/aromatic N) is 4. The first kappa shape index (κ1) is 15.7. The van der Waals surface area contributed by atoms with Crippen LogP contribution in [0.5, 0.6) is 5.75 Å². The van der Waals surface area contributed by atoms with Crippen molar-refractivity contribution in [2.24, 2.45) is 7.05 Å². The quantitative estimate of drug-likeness (QED) is 0.780. The number of ether oxygens (including phenoxy) is 1. The lowest BCUT2D eigenvalue weighted by Crippen LogP contribution is -2.15. The summed E-state index contributed by atoms with van der Waals surface area (Å²) >= 11 is 0. The second-order valence-corrected chi connectivity index (χ2v) is 5.08. The average Bonchev–Trinajstić information content (AvgIpc) is 3.02. The SMILES string of the molecule is CCOc1cccnc1C(=O)Nc1ccc(-c2nncn2C)cc1. The Bertz CT molecular complexity index is 842. The smallest absolute Gasteiger partial charge is 0.278 e. The van der Waals surface area contributed by atoms with E-state index in [9.17, 15) is 4.79 Å². The zero-order chi connectivity index (χ0) is 16.9. The summed E-state index contributed by atoms with van der Waals surface area (Å²) in [4.78, 5) is 16.5. The van der Waals surface area contributed by atoms with Gasteiger partial charge >= 0.3 is 0 Å². The van der Waals surface area contributed by atoms with Crippen molar-refractivity contribution < 1.29 is 9.53 Å². The standard InChI is InChI=1S/C17H17N5O2/c1-3-24-14-5-4-10-18-15(14)17(23)20-13-8-6-12(7-9-13)16-21-19-11-22(16)2/h4-11H,3H2,1-2H3,(H,20,23). The van der Waals surface area contributed by atoms with E-state index >= 15 is 0 Å². The van der Waals surface area contributed by atoms with E-state index in [2.05, 4.69) is 20.5 Å². The zero-order valence-corrected chi connectivity index (χ0v) is 13.4. The zero-order valence-electron chi connectivity index (χ0n) is 13.4. The second-order valence-electron chi connectivity index (χ2n) is 5.08. The topological polar surface area (TPSA) is 81.9 Å². The van der Waals surface area contributed by atoms with Gasteiger partial charge in [-0.2, -0.15) is 0 Å². The number of aryl methyl sites for hydroxylation is 1. The van der Waals surface area contributed by atoms with Crippen molar-refractivity contribution in [3.63, 3.8) is 0 Å². The van der Waals surface area contributed by atoms with Crippen LogP contribution in [0, 0.1) is 0 Å². The highest BCUT2D eigenvalue weighted by Crippen LogP contribution is 2.20. The van der Waals surface area contributed by atoms with Crippen molar-refractivity contribution in [3.05, 3.63) is 54.6 Å². The van der Waals surface area contributed by atoms with Crippen LogP contribution >= 0.6 is 0 Å². The molecule has 24 heavy (non-hydrogen) atoms. The Kier molecular flexibility index (Phi) is 4.51. The van der Waals surface area contributed by atoms with Crippen molar-refractivity contribution in [1.29, 1.82) is 0 Å². The van der Waals surface area contributed by atoms with Crippen LogP contribution < -0.4 is 10.1 Å². The van der Waals surface area contributed by atoms with Crippen LogP contribution in [0.2, 0.25) is 0 Å². The number of aromatic nitrogens is 4. The van der Waals surface area contributed by atoms with Crippen molar-refractivity contribution in [3.8, 4) is 17.1 Å². The molecule has 3 rings (SSSR count). The fourth-order valence-corrected chi connectivity index (χ4v) is 2.27. The Morgan fingerprint density at radius 3 is 2.71 bits per heavy atom. The van der Waals surface area contributed by atoms with Gasteiger partial charge in [-0.05, 0) is 43.3 Å². The highest BCUT2D eigenvalue weighted by molar-refractivity contribution is 6.04. The maximum Gasteiger partial charge on any atom is 0.278 e. The largest absolute Gasteiger partial charge is 0.491 e. The molecule has 7 heteroatoms. The highest BCUT2D eigenvalue weighted by atomic mass is 16.5. The van der Waals surface area contributed by atoms with Crippen LogP contribution in [0.1, 0.15) is 17.4 Å². The molecule has 7 nitrogen and oxygen atoms in total. The number of carbonyl (C=O) groups excluding carboxylic acids is 1. The maximum atomic E-state index is 12.4. The summed E-state index contributed by atoms with van der Waals surface area (Å²) in [7, 11) is 1.88. The van der Waals surface area contributed by atoms with Crippen molar-refractivity contribution in [2.45, 2.75) is 6.92 Å². The third kappa shape index (κ3) is 3.24. The third-order valence-electron chi connectivity index (χ3n) is 3.40. The molecule has 0 unspecified atom stereocenters. The van der Waals surface area contributed by atoms with Gasteiger partial charge in [-0.1, -0.05) is 0 Å². The molecule has 0 aliphatic carbocycles. The monoisotopic (exact) mass is 323 g/mol. The molecule has 0 radical (unpaired) electrons. The number of pyridine rings is 1. The van der Waals surface area contributed by atoms with Gasteiger partial charge in [0.2, 0.25) is 0 Å². The molecule has 0 bridgehead atoms. The lowest BCUT2D eigenvalue weighted by atomic mass is 10.2. The van der Waals surface area contributed by atoms with E-state index in [1.54, 1.807) is 24.7 Å². The van der Waals surface area contributed by atoms with Crippen LogP contribution in [-0.4, -0.2) is 32.3 Å². The van der Waals surface area contributed by atoms with Gasteiger partial charge in [0.15, 0.2) is 17.3 Å². The Hall–Kier alpha value is -3.22. The molecule has 1 amide bonds. The molecule has 1 N–H and O–H groups in total. The predicted octanol–water partition coefficient (Wildman–Crippen LogP) is 2.53. The van der Waals surface area contributed by atoms with Crippen molar-refractivity contribution in [1.82, 2.24) is 19.7 Å². The number of hydrogen-bond donors (Lipinski definition) is 1. The molecule has 0 atom stereocenters. The fraction of sp³-hybridized carbons (Fsp3) is 0.176. The van der Waals surface area contributed by atoms with E-state index in [0.717, 1.165) is 11.4 Å². The Morgan fingerprint density at radius 2 is 2.04 bits per heavy atom. The number of carbonyl (C=O) groups is 1. The van der Waals surface area contributed by atoms with Gasteiger partial charge in [0.25, 0.3) is 5.91 Å². The fourth-order valence-electron chi connectivity index (χ4n) is 2.27. The molecule has 2 heterocycles. The minimum Gasteiger partial charge on any atom is -0.491 e. The number of benzene rings is 1. The average molecular weight is 323 g/mol. The van der Waals surface area contributed by atoms with Gasteiger partial charge in [0.05, 0.1) is 6.61 Å². The van der Waals surface area contributed by atoms with Crippen LogP contribution in [-0.2, 0) is 7.05 Å². The first-order valence-corrected chi connectivity index (χ1v) is 7.52. The molecule has 2 aromatic heterocycles. The molecule has 122 valence electrons. The minimum absolute atomic E-state index is 0.261. The van der Waals surface area contributed by atoms with E-state index in [-0.39, 0.29) is 11.6 Å². The van der Waals surface area contributed by atoms with E-state index in [4.69, 9.17) is 4.74 Å². The molecular formula is C17H17N5O2. The van der Waals surface area contributed by atoms with Gasteiger partial charge in [-0.15, -0.1) is 10.2 Å². The first-order chi connectivity index (χ1) is 11.7. The predicted molar refractivity (Wildman–Crippen MR) is 89.8 cm³/mol. The molecular weight excluding hydrogens is 306 g/mol. The summed E-state index contributed by atoms with van der Waals surface area (Å²) in [6.07, 6.45) is 3.20. The molecule has 0 fully saturated rings. The van der Waals surface area contributed by atoms with Gasteiger partial charge in [0.1, 0.15) is 6.33 Å². The number of anilines is 1. The van der Waals surface area contributed by atoms with Gasteiger partial charge < -0.3 is 14.6 Å². The van der Waals surface area contributed by atoms with Crippen molar-refractivity contribution in [2.75, 3.05) is 11.9 Å². The Balaban J connectivity index is 1.77. The maximum absolute atomic E-state index is 12.4. The highest BCUT2D eigenvalue weighted by Gasteiger charge is 2.14. The van der Waals surface area contributed by atoms with Gasteiger partial charge in [0, 0.05) is 24.5 Å². The molecule has 3 aromatic rings. The molecule has 0 aliphatic heterocycles. The summed E-state index contributed by atoms with van der Waals surface area (Å²) in [6, 6.07) is 10.8. The normalized spacial score (nSPS) is 10.4. The van der Waals surface area contributed by atoms with E-state index < -0.39 is 0 Å². The van der Waals surface area contributed by atoms with E-state index in [1.165, 1.54) is 0 Å². The Morgan fingerprint density at radius 1 is 1.25 bits per heavy atom. The van der Waals surface area contributed by atoms with Gasteiger partial charge in [-0.3, -0.25) is 4.79 Å². The number of nitrogens with one attached hydrogen (secondary N) is 1. The summed E-state index contributed by atoms with van der Waals surface area (Å²) in [5.41, 5.74) is 1.84. The van der Waals surface area contributed by atoms with Crippen LogP contribution in [0.3, 0.4) is 0 Å². The number of hydrogen-bond acceptors (Lipinski definition) is 5. The van der Waals surface area contributed by atoms with E-state index in [1.807, 2.05) is 42.8 Å². The third-order valence-corrected chi connectivity index (χ3v) is 3.40. The minimum atomic E-state index is -0.314. The molecule has 0 saturated heterocycles. The summed E-state index contributed by atoms with van der Waals surface area (Å²) in [5, 5.41) is 10.7. The van der Waals surface area contributed by atoms with Gasteiger partial charge in [-0.25, -0.2) is 4.98 Å². The molecule has 1 aromatic carbocycles. The lowest BCUT2D eigenvalue weighted by Gasteiger charge is -2.10. The second kappa shape index (κ2) is 6.91. The number of rotatable bonds is 5. The summed E-state index contributed by atoms with van der Waals surface area (Å²) in [5.74, 6) is 0.912. The number of amides is 1. The van der Waals surface area contributed by atoms with E-state index in [0.29, 0.717) is 18.0 Å². The molecule has 0 spiro atoms. The Labute approximate surface area is 139 Å². The van der Waals surface area contributed by atoms with Crippen LogP contribution in [0.25, 0.3) is 11.4 Å². The molecule has 0 aliphatic rings. The summed E-state index contributed by atoms with van der Waals surface area (Å²) in [6.45, 7) is 2.33. The van der Waals surface area contributed by atoms with Crippen molar-refractivity contribution >= 4 is 11.6 Å². The summed E-state index contributed by atoms with van der Waals surface area (Å²) < 4.78 is 7.26. The van der Waals surface area contributed by atoms with Crippen LogP contribution in [0.15, 0.2) is 48.9 Å².